The molecular formula is C18H25N3O3. The summed E-state index contributed by atoms with van der Waals surface area (Å²) in [5.41, 5.74) is 1.06. The minimum Gasteiger partial charge on any atom is -0.495 e. The Balaban J connectivity index is 1.49. The quantitative estimate of drug-likeness (QED) is 0.715. The van der Waals surface area contributed by atoms with Gasteiger partial charge in [0, 0.05) is 37.7 Å². The first-order chi connectivity index (χ1) is 11.7. The SMILES string of the molecule is COc1ccccc1N1CCC(NC(=O)N[C@@H]2C=C[C@H](CO)C2)C1. The van der Waals surface area contributed by atoms with Crippen molar-refractivity contribution >= 4 is 11.7 Å². The molecule has 3 N–H and O–H groups in total. The van der Waals surface area contributed by atoms with Crippen LogP contribution in [-0.2, 0) is 0 Å². The molecule has 2 aliphatic rings. The van der Waals surface area contributed by atoms with Crippen LogP contribution >= 0.6 is 0 Å². The summed E-state index contributed by atoms with van der Waals surface area (Å²) in [6, 6.07) is 7.93. The molecule has 1 aromatic rings. The zero-order valence-corrected chi connectivity index (χ0v) is 13.9. The summed E-state index contributed by atoms with van der Waals surface area (Å²) in [4.78, 5) is 14.4. The van der Waals surface area contributed by atoms with Gasteiger partial charge in [0.1, 0.15) is 5.75 Å². The lowest BCUT2D eigenvalue weighted by molar-refractivity contribution is 0.229. The van der Waals surface area contributed by atoms with Crippen LogP contribution in [-0.4, -0.2) is 50.0 Å². The largest absolute Gasteiger partial charge is 0.495 e. The number of nitrogens with one attached hydrogen (secondary N) is 2. The predicted octanol–water partition coefficient (Wildman–Crippen LogP) is 1.51. The van der Waals surface area contributed by atoms with E-state index in [1.807, 2.05) is 36.4 Å². The highest BCUT2D eigenvalue weighted by molar-refractivity contribution is 5.75. The molecule has 0 bridgehead atoms. The van der Waals surface area contributed by atoms with E-state index in [2.05, 4.69) is 15.5 Å². The summed E-state index contributed by atoms with van der Waals surface area (Å²) in [5.74, 6) is 1.01. The molecule has 1 saturated heterocycles. The molecule has 1 unspecified atom stereocenters. The molecule has 3 atom stereocenters. The van der Waals surface area contributed by atoms with Gasteiger partial charge in [0.25, 0.3) is 0 Å². The number of aliphatic hydroxyl groups is 1. The number of anilines is 1. The zero-order valence-electron chi connectivity index (χ0n) is 13.9. The van der Waals surface area contributed by atoms with Crippen LogP contribution in [0.15, 0.2) is 36.4 Å². The monoisotopic (exact) mass is 331 g/mol. The first-order valence-corrected chi connectivity index (χ1v) is 8.43. The van der Waals surface area contributed by atoms with Gasteiger partial charge in [-0.3, -0.25) is 0 Å². The Bertz CT molecular complexity index is 605. The maximum atomic E-state index is 12.2. The Kier molecular flexibility index (Phi) is 5.25. The van der Waals surface area contributed by atoms with Gasteiger partial charge in [-0.1, -0.05) is 24.3 Å². The van der Waals surface area contributed by atoms with E-state index >= 15 is 0 Å². The van der Waals surface area contributed by atoms with Gasteiger partial charge >= 0.3 is 6.03 Å². The average molecular weight is 331 g/mol. The molecule has 0 saturated carbocycles. The number of para-hydroxylation sites is 2. The second-order valence-corrected chi connectivity index (χ2v) is 6.39. The lowest BCUT2D eigenvalue weighted by Crippen LogP contribution is -2.46. The fourth-order valence-electron chi connectivity index (χ4n) is 3.40. The number of carbonyl (C=O) groups is 1. The molecule has 0 radical (unpaired) electrons. The van der Waals surface area contributed by atoms with Crippen LogP contribution in [0.4, 0.5) is 10.5 Å². The first-order valence-electron chi connectivity index (χ1n) is 8.43. The molecule has 2 amide bonds. The normalized spacial score (nSPS) is 25.8. The molecular weight excluding hydrogens is 306 g/mol. The Labute approximate surface area is 142 Å². The number of rotatable bonds is 5. The number of methoxy groups -OCH3 is 1. The molecule has 1 aliphatic carbocycles. The van der Waals surface area contributed by atoms with E-state index in [-0.39, 0.29) is 30.6 Å². The fraction of sp³-hybridized carbons (Fsp3) is 0.500. The number of hydrogen-bond acceptors (Lipinski definition) is 4. The molecule has 1 heterocycles. The molecule has 0 spiro atoms. The molecule has 0 aromatic heterocycles. The van der Waals surface area contributed by atoms with E-state index in [4.69, 9.17) is 9.84 Å². The molecule has 6 heteroatoms. The third-order valence-corrected chi connectivity index (χ3v) is 4.67. The minimum absolute atomic E-state index is 0.00822. The summed E-state index contributed by atoms with van der Waals surface area (Å²) in [7, 11) is 1.67. The van der Waals surface area contributed by atoms with Crippen LogP contribution in [0.2, 0.25) is 0 Å². The molecule has 1 fully saturated rings. The first kappa shape index (κ1) is 16.6. The number of ether oxygens (including phenoxy) is 1. The minimum atomic E-state index is -0.143. The van der Waals surface area contributed by atoms with Crippen molar-refractivity contribution in [2.24, 2.45) is 5.92 Å². The number of aliphatic hydroxyl groups excluding tert-OH is 1. The van der Waals surface area contributed by atoms with Crippen molar-refractivity contribution in [3.8, 4) is 5.75 Å². The summed E-state index contributed by atoms with van der Waals surface area (Å²) >= 11 is 0. The van der Waals surface area contributed by atoms with Crippen molar-refractivity contribution in [2.75, 3.05) is 31.7 Å². The van der Waals surface area contributed by atoms with Crippen molar-refractivity contribution < 1.29 is 14.6 Å². The summed E-state index contributed by atoms with van der Waals surface area (Å²) in [5, 5.41) is 15.1. The standard InChI is InChI=1S/C18H25N3O3/c1-24-17-5-3-2-4-16(17)21-9-8-15(11-21)20-18(23)19-14-7-6-13(10-14)12-22/h2-7,13-15,22H,8-12H2,1H3,(H2,19,20,23)/t13-,14+,15?/m0/s1. The lowest BCUT2D eigenvalue weighted by Gasteiger charge is -2.22. The number of urea groups is 1. The highest BCUT2D eigenvalue weighted by Gasteiger charge is 2.27. The molecule has 1 aromatic carbocycles. The summed E-state index contributed by atoms with van der Waals surface area (Å²) in [6.45, 7) is 1.79. The Hall–Kier alpha value is -2.21. The maximum Gasteiger partial charge on any atom is 0.315 e. The second-order valence-electron chi connectivity index (χ2n) is 6.39. The van der Waals surface area contributed by atoms with Crippen LogP contribution in [0.25, 0.3) is 0 Å². The van der Waals surface area contributed by atoms with Crippen molar-refractivity contribution in [1.82, 2.24) is 10.6 Å². The number of carbonyl (C=O) groups excluding carboxylic acids is 1. The van der Waals surface area contributed by atoms with Gasteiger partial charge in [-0.2, -0.15) is 0 Å². The van der Waals surface area contributed by atoms with Gasteiger partial charge in [0.15, 0.2) is 0 Å². The third kappa shape index (κ3) is 3.82. The van der Waals surface area contributed by atoms with E-state index in [1.54, 1.807) is 7.11 Å². The van der Waals surface area contributed by atoms with Gasteiger partial charge in [-0.25, -0.2) is 4.79 Å². The van der Waals surface area contributed by atoms with E-state index < -0.39 is 0 Å². The summed E-state index contributed by atoms with van der Waals surface area (Å²) in [6.07, 6.45) is 5.59. The van der Waals surface area contributed by atoms with Gasteiger partial charge in [0.2, 0.25) is 0 Å². The molecule has 3 rings (SSSR count). The molecule has 1 aliphatic heterocycles. The van der Waals surface area contributed by atoms with E-state index in [0.29, 0.717) is 0 Å². The van der Waals surface area contributed by atoms with Crippen LogP contribution in [0.3, 0.4) is 0 Å². The third-order valence-electron chi connectivity index (χ3n) is 4.67. The van der Waals surface area contributed by atoms with Gasteiger partial charge in [0.05, 0.1) is 12.8 Å². The van der Waals surface area contributed by atoms with E-state index in [9.17, 15) is 4.79 Å². The Morgan fingerprint density at radius 3 is 2.92 bits per heavy atom. The molecule has 24 heavy (non-hydrogen) atoms. The Morgan fingerprint density at radius 1 is 1.33 bits per heavy atom. The van der Waals surface area contributed by atoms with E-state index in [1.165, 1.54) is 0 Å². The lowest BCUT2D eigenvalue weighted by atomic mass is 10.1. The highest BCUT2D eigenvalue weighted by Crippen LogP contribution is 2.30. The van der Waals surface area contributed by atoms with E-state index in [0.717, 1.165) is 37.4 Å². The number of amides is 2. The van der Waals surface area contributed by atoms with Crippen molar-refractivity contribution in [1.29, 1.82) is 0 Å². The molecule has 130 valence electrons. The molecule has 6 nitrogen and oxygen atoms in total. The number of benzene rings is 1. The van der Waals surface area contributed by atoms with Crippen LogP contribution < -0.4 is 20.3 Å². The average Bonchev–Trinajstić information content (AvgIpc) is 3.24. The van der Waals surface area contributed by atoms with Crippen LogP contribution in [0.5, 0.6) is 5.75 Å². The van der Waals surface area contributed by atoms with Crippen LogP contribution in [0.1, 0.15) is 12.8 Å². The zero-order chi connectivity index (χ0) is 16.9. The Morgan fingerprint density at radius 2 is 2.17 bits per heavy atom. The highest BCUT2D eigenvalue weighted by atomic mass is 16.5. The summed E-state index contributed by atoms with van der Waals surface area (Å²) < 4.78 is 5.41. The predicted molar refractivity (Wildman–Crippen MR) is 93.4 cm³/mol. The second kappa shape index (κ2) is 7.57. The van der Waals surface area contributed by atoms with Gasteiger partial charge in [-0.05, 0) is 25.0 Å². The fourth-order valence-corrected chi connectivity index (χ4v) is 3.40. The van der Waals surface area contributed by atoms with Crippen molar-refractivity contribution in [2.45, 2.75) is 24.9 Å². The van der Waals surface area contributed by atoms with Gasteiger partial charge < -0.3 is 25.4 Å². The number of nitrogens with zero attached hydrogens (tertiary/aromatic N) is 1. The van der Waals surface area contributed by atoms with Crippen molar-refractivity contribution in [3.05, 3.63) is 36.4 Å². The van der Waals surface area contributed by atoms with Gasteiger partial charge in [-0.15, -0.1) is 0 Å². The van der Waals surface area contributed by atoms with Crippen molar-refractivity contribution in [3.63, 3.8) is 0 Å². The number of hydrogen-bond donors (Lipinski definition) is 3. The maximum absolute atomic E-state index is 12.2. The van der Waals surface area contributed by atoms with Crippen LogP contribution in [0, 0.1) is 5.92 Å². The topological polar surface area (TPSA) is 73.8 Å². The smallest absolute Gasteiger partial charge is 0.315 e.